The topological polar surface area (TPSA) is 91.3 Å². The number of rotatable bonds is 5. The van der Waals surface area contributed by atoms with Crippen molar-refractivity contribution in [1.29, 1.82) is 0 Å². The van der Waals surface area contributed by atoms with E-state index in [1.165, 1.54) is 24.4 Å². The second-order valence-corrected chi connectivity index (χ2v) is 10.8. The summed E-state index contributed by atoms with van der Waals surface area (Å²) in [5.41, 5.74) is 2.71. The number of carbonyl (C=O) groups excluding carboxylic acids is 3. The molecule has 4 rings (SSSR count). The third-order valence-electron chi connectivity index (χ3n) is 5.92. The van der Waals surface area contributed by atoms with E-state index in [-0.39, 0.29) is 28.3 Å². The summed E-state index contributed by atoms with van der Waals surface area (Å²) in [7, 11) is 0. The lowest BCUT2D eigenvalue weighted by molar-refractivity contribution is -0.139. The molecule has 0 bridgehead atoms. The highest BCUT2D eigenvalue weighted by molar-refractivity contribution is 8.15. The molecule has 8 nitrogen and oxygen atoms in total. The fourth-order valence-electron chi connectivity index (χ4n) is 4.25. The van der Waals surface area contributed by atoms with Crippen LogP contribution in [0.25, 0.3) is 0 Å². The van der Waals surface area contributed by atoms with E-state index in [1.807, 2.05) is 36.4 Å². The summed E-state index contributed by atoms with van der Waals surface area (Å²) < 4.78 is 5.92. The molecule has 1 N–H and O–H groups in total. The Bertz CT molecular complexity index is 1190. The van der Waals surface area contributed by atoms with Crippen LogP contribution in [0.1, 0.15) is 52.2 Å². The molecule has 2 aliphatic heterocycles. The van der Waals surface area contributed by atoms with E-state index >= 15 is 0 Å². The van der Waals surface area contributed by atoms with Gasteiger partial charge in [0, 0.05) is 26.0 Å². The molecule has 0 saturated carbocycles. The summed E-state index contributed by atoms with van der Waals surface area (Å²) >= 11 is 1.08. The van der Waals surface area contributed by atoms with Gasteiger partial charge in [0.2, 0.25) is 16.7 Å². The number of amidine groups is 1. The quantitative estimate of drug-likeness (QED) is 0.636. The normalized spacial score (nSPS) is 19.1. The largest absolute Gasteiger partial charge is 0.494 e. The fourth-order valence-corrected chi connectivity index (χ4v) is 5.58. The minimum atomic E-state index is -1.37. The highest BCUT2D eigenvalue weighted by Gasteiger charge is 2.60. The Morgan fingerprint density at radius 2 is 1.77 bits per heavy atom. The van der Waals surface area contributed by atoms with Gasteiger partial charge in [-0.05, 0) is 47.4 Å². The number of nitrogens with zero attached hydrogens (tertiary/aromatic N) is 3. The first-order valence-electron chi connectivity index (χ1n) is 11.5. The molecule has 1 unspecified atom stereocenters. The predicted molar refractivity (Wildman–Crippen MR) is 137 cm³/mol. The van der Waals surface area contributed by atoms with Crippen LogP contribution in [0, 0.1) is 0 Å². The van der Waals surface area contributed by atoms with E-state index in [0.29, 0.717) is 25.1 Å². The summed E-state index contributed by atoms with van der Waals surface area (Å²) in [4.78, 5) is 38.2. The number of thioether (sulfide) groups is 1. The van der Waals surface area contributed by atoms with E-state index in [4.69, 9.17) is 4.74 Å². The molecule has 0 radical (unpaired) electrons. The number of carbonyl (C=O) groups is 3. The number of benzene rings is 2. The maximum atomic E-state index is 13.8. The van der Waals surface area contributed by atoms with Crippen LogP contribution in [0.15, 0.2) is 53.6 Å². The molecule has 0 fully saturated rings. The zero-order valence-electron chi connectivity index (χ0n) is 20.6. The van der Waals surface area contributed by atoms with Crippen molar-refractivity contribution in [2.24, 2.45) is 5.10 Å². The van der Waals surface area contributed by atoms with Crippen LogP contribution in [0.4, 0.5) is 5.69 Å². The van der Waals surface area contributed by atoms with E-state index in [1.54, 1.807) is 4.90 Å². The third-order valence-corrected chi connectivity index (χ3v) is 7.16. The fraction of sp³-hybridized carbons (Fsp3) is 0.385. The molecule has 0 saturated heterocycles. The molecule has 184 valence electrons. The Hall–Kier alpha value is -3.33. The molecule has 1 atom stereocenters. The average molecular weight is 495 g/mol. The monoisotopic (exact) mass is 494 g/mol. The molecule has 2 aromatic rings. The Kier molecular flexibility index (Phi) is 6.64. The molecule has 1 spiro atoms. The molecule has 2 heterocycles. The smallest absolute Gasteiger partial charge is 0.270 e. The SMILES string of the molecule is CC(=O)NC1=NN(C(C)=O)C2(S1)C(=O)N(CCCOc1ccc(C(C)(C)C)cc1)c1ccccc12. The first kappa shape index (κ1) is 24.8. The lowest BCUT2D eigenvalue weighted by atomic mass is 9.87. The highest BCUT2D eigenvalue weighted by atomic mass is 32.2. The van der Waals surface area contributed by atoms with Crippen LogP contribution in [-0.2, 0) is 24.7 Å². The third kappa shape index (κ3) is 4.65. The van der Waals surface area contributed by atoms with Gasteiger partial charge in [-0.3, -0.25) is 14.4 Å². The number of nitrogens with one attached hydrogen (secondary N) is 1. The molecular formula is C26H30N4O4S. The molecule has 0 aliphatic carbocycles. The van der Waals surface area contributed by atoms with E-state index < -0.39 is 4.87 Å². The summed E-state index contributed by atoms with van der Waals surface area (Å²) in [6, 6.07) is 15.5. The van der Waals surface area contributed by atoms with Crippen LogP contribution in [0.2, 0.25) is 0 Å². The van der Waals surface area contributed by atoms with Crippen molar-refractivity contribution in [1.82, 2.24) is 10.3 Å². The van der Waals surface area contributed by atoms with Gasteiger partial charge in [-0.2, -0.15) is 5.01 Å². The van der Waals surface area contributed by atoms with Gasteiger partial charge in [0.1, 0.15) is 5.75 Å². The molecule has 3 amide bonds. The zero-order valence-corrected chi connectivity index (χ0v) is 21.4. The maximum Gasteiger partial charge on any atom is 0.270 e. The number of ether oxygens (including phenoxy) is 1. The van der Waals surface area contributed by atoms with Crippen molar-refractivity contribution in [3.8, 4) is 5.75 Å². The average Bonchev–Trinajstić information content (AvgIpc) is 3.28. The van der Waals surface area contributed by atoms with E-state index in [2.05, 4.69) is 43.3 Å². The number of fused-ring (bicyclic) bond motifs is 2. The van der Waals surface area contributed by atoms with Crippen LogP contribution in [0.3, 0.4) is 0 Å². The van der Waals surface area contributed by atoms with Gasteiger partial charge < -0.3 is 15.0 Å². The lowest BCUT2D eigenvalue weighted by Gasteiger charge is -2.29. The van der Waals surface area contributed by atoms with Gasteiger partial charge in [-0.15, -0.1) is 5.10 Å². The molecule has 0 aromatic heterocycles. The second kappa shape index (κ2) is 9.37. The van der Waals surface area contributed by atoms with Crippen LogP contribution >= 0.6 is 11.8 Å². The van der Waals surface area contributed by atoms with Gasteiger partial charge in [0.15, 0.2) is 5.17 Å². The first-order chi connectivity index (χ1) is 16.5. The molecule has 9 heteroatoms. The lowest BCUT2D eigenvalue weighted by Crippen LogP contribution is -2.48. The first-order valence-corrected chi connectivity index (χ1v) is 12.4. The van der Waals surface area contributed by atoms with Crippen molar-refractivity contribution in [3.63, 3.8) is 0 Å². The Morgan fingerprint density at radius 3 is 2.40 bits per heavy atom. The number of amides is 3. The Labute approximate surface area is 209 Å². The van der Waals surface area contributed by atoms with E-state index in [0.717, 1.165) is 23.2 Å². The predicted octanol–water partition coefficient (Wildman–Crippen LogP) is 3.96. The summed E-state index contributed by atoms with van der Waals surface area (Å²) in [6.07, 6.45) is 0.599. The highest BCUT2D eigenvalue weighted by Crippen LogP contribution is 2.54. The van der Waals surface area contributed by atoms with Gasteiger partial charge in [-0.1, -0.05) is 51.1 Å². The van der Waals surface area contributed by atoms with Crippen LogP contribution in [-0.4, -0.2) is 41.0 Å². The Morgan fingerprint density at radius 1 is 1.09 bits per heavy atom. The molecule has 2 aliphatic rings. The number of hydrogen-bond acceptors (Lipinski definition) is 6. The second-order valence-electron chi connectivity index (χ2n) is 9.61. The van der Waals surface area contributed by atoms with Crippen molar-refractivity contribution < 1.29 is 19.1 Å². The summed E-state index contributed by atoms with van der Waals surface area (Å²) in [6.45, 7) is 10.1. The minimum absolute atomic E-state index is 0.0769. The van der Waals surface area contributed by atoms with Crippen LogP contribution < -0.4 is 15.0 Å². The van der Waals surface area contributed by atoms with Crippen molar-refractivity contribution >= 4 is 40.3 Å². The molecular weight excluding hydrogens is 464 g/mol. The molecule has 35 heavy (non-hydrogen) atoms. The van der Waals surface area contributed by atoms with E-state index in [9.17, 15) is 14.4 Å². The Balaban J connectivity index is 1.49. The molecule has 2 aromatic carbocycles. The van der Waals surface area contributed by atoms with Gasteiger partial charge in [0.25, 0.3) is 5.91 Å². The summed E-state index contributed by atoms with van der Waals surface area (Å²) in [5.74, 6) is -0.187. The van der Waals surface area contributed by atoms with Crippen molar-refractivity contribution in [3.05, 3.63) is 59.7 Å². The number of hydrazone groups is 1. The number of anilines is 1. The standard InChI is InChI=1S/C26H30N4O4S/c1-17(31)27-24-28-30(18(2)32)26(35-24)21-9-6-7-10-22(21)29(23(26)33)15-8-16-34-20-13-11-19(12-14-20)25(3,4)5/h6-7,9-14H,8,15-16H2,1-5H3,(H,27,28,31). The van der Waals surface area contributed by atoms with Crippen molar-refractivity contribution in [2.45, 2.75) is 51.3 Å². The van der Waals surface area contributed by atoms with Gasteiger partial charge >= 0.3 is 0 Å². The van der Waals surface area contributed by atoms with Gasteiger partial charge in [0.05, 0.1) is 12.3 Å². The van der Waals surface area contributed by atoms with Gasteiger partial charge in [-0.25, -0.2) is 0 Å². The number of hydrogen-bond donors (Lipinski definition) is 1. The number of para-hydroxylation sites is 1. The zero-order chi connectivity index (χ0) is 25.4. The summed E-state index contributed by atoms with van der Waals surface area (Å²) in [5, 5.41) is 8.28. The van der Waals surface area contributed by atoms with Crippen molar-refractivity contribution in [2.75, 3.05) is 18.1 Å². The minimum Gasteiger partial charge on any atom is -0.494 e. The maximum absolute atomic E-state index is 13.8. The van der Waals surface area contributed by atoms with Crippen LogP contribution in [0.5, 0.6) is 5.75 Å².